The lowest BCUT2D eigenvalue weighted by molar-refractivity contribution is 0.564. The minimum absolute atomic E-state index is 0.00918. The van der Waals surface area contributed by atoms with E-state index >= 15 is 0 Å². The van der Waals surface area contributed by atoms with Crippen LogP contribution in [0.25, 0.3) is 0 Å². The predicted octanol–water partition coefficient (Wildman–Crippen LogP) is 5.12. The van der Waals surface area contributed by atoms with Crippen molar-refractivity contribution < 1.29 is 8.78 Å². The van der Waals surface area contributed by atoms with Crippen LogP contribution in [0.4, 0.5) is 14.5 Å². The van der Waals surface area contributed by atoms with Crippen LogP contribution in [-0.4, -0.2) is 0 Å². The standard InChI is InChI=1S/C14H12F2INS/c15-9-3-1-4-10(16)14(9)18-11-5-2-6-12-8(11)7-13(17)19-12/h1,3-4,7,11,18H,2,5-6H2. The van der Waals surface area contributed by atoms with E-state index in [2.05, 4.69) is 34.0 Å². The lowest BCUT2D eigenvalue weighted by Crippen LogP contribution is -2.17. The Morgan fingerprint density at radius 3 is 2.74 bits per heavy atom. The van der Waals surface area contributed by atoms with E-state index in [1.807, 2.05) is 0 Å². The van der Waals surface area contributed by atoms with Crippen LogP contribution in [0.1, 0.15) is 29.3 Å². The maximum absolute atomic E-state index is 13.7. The topological polar surface area (TPSA) is 12.0 Å². The molecule has 100 valence electrons. The first kappa shape index (κ1) is 13.3. The van der Waals surface area contributed by atoms with Gasteiger partial charge in [-0.25, -0.2) is 8.78 Å². The Kier molecular flexibility index (Phi) is 3.75. The minimum Gasteiger partial charge on any atom is -0.373 e. The van der Waals surface area contributed by atoms with Gasteiger partial charge in [0.15, 0.2) is 0 Å². The number of anilines is 1. The van der Waals surface area contributed by atoms with Gasteiger partial charge in [-0.3, -0.25) is 0 Å². The Hall–Kier alpha value is -0.690. The van der Waals surface area contributed by atoms with E-state index in [4.69, 9.17) is 0 Å². The first-order valence-electron chi connectivity index (χ1n) is 6.14. The summed E-state index contributed by atoms with van der Waals surface area (Å²) >= 11 is 4.07. The third-order valence-electron chi connectivity index (χ3n) is 3.37. The molecule has 2 aromatic rings. The SMILES string of the molecule is Fc1cccc(F)c1NC1CCCc2sc(I)cc21. The molecule has 1 aromatic carbocycles. The number of fused-ring (bicyclic) bond motifs is 1. The van der Waals surface area contributed by atoms with E-state index < -0.39 is 11.6 Å². The molecular formula is C14H12F2INS. The molecular weight excluding hydrogens is 379 g/mol. The van der Waals surface area contributed by atoms with Gasteiger partial charge in [0.25, 0.3) is 0 Å². The second-order valence-corrected chi connectivity index (χ2v) is 7.65. The normalized spacial score (nSPS) is 18.2. The molecule has 1 aromatic heterocycles. The van der Waals surface area contributed by atoms with Gasteiger partial charge in [0.05, 0.1) is 8.93 Å². The first-order valence-corrected chi connectivity index (χ1v) is 8.03. The van der Waals surface area contributed by atoms with Gasteiger partial charge in [0, 0.05) is 4.88 Å². The van der Waals surface area contributed by atoms with Crippen molar-refractivity contribution >= 4 is 39.6 Å². The Morgan fingerprint density at radius 2 is 2.00 bits per heavy atom. The summed E-state index contributed by atoms with van der Waals surface area (Å²) in [6.45, 7) is 0. The zero-order valence-corrected chi connectivity index (χ0v) is 13.0. The molecule has 0 fully saturated rings. The molecule has 1 atom stereocenters. The molecule has 1 aliphatic carbocycles. The van der Waals surface area contributed by atoms with Crippen molar-refractivity contribution in [2.45, 2.75) is 25.3 Å². The largest absolute Gasteiger partial charge is 0.373 e. The molecule has 0 saturated heterocycles. The van der Waals surface area contributed by atoms with Gasteiger partial charge in [0.1, 0.15) is 17.3 Å². The molecule has 19 heavy (non-hydrogen) atoms. The molecule has 1 heterocycles. The Morgan fingerprint density at radius 1 is 1.26 bits per heavy atom. The fourth-order valence-electron chi connectivity index (χ4n) is 2.48. The van der Waals surface area contributed by atoms with E-state index in [9.17, 15) is 8.78 Å². The molecule has 5 heteroatoms. The Balaban J connectivity index is 1.92. The molecule has 1 aliphatic rings. The number of rotatable bonds is 2. The number of halogens is 3. The van der Waals surface area contributed by atoms with Crippen molar-refractivity contribution in [3.63, 3.8) is 0 Å². The van der Waals surface area contributed by atoms with Crippen LogP contribution in [-0.2, 0) is 6.42 Å². The molecule has 3 rings (SSSR count). The first-order chi connectivity index (χ1) is 9.15. The highest BCUT2D eigenvalue weighted by Gasteiger charge is 2.24. The van der Waals surface area contributed by atoms with E-state index in [1.165, 1.54) is 31.5 Å². The summed E-state index contributed by atoms with van der Waals surface area (Å²) < 4.78 is 28.6. The number of hydrogen-bond donors (Lipinski definition) is 1. The van der Waals surface area contributed by atoms with Crippen LogP contribution in [0.15, 0.2) is 24.3 Å². The van der Waals surface area contributed by atoms with Crippen molar-refractivity contribution in [2.75, 3.05) is 5.32 Å². The highest BCUT2D eigenvalue weighted by Crippen LogP contribution is 2.38. The van der Waals surface area contributed by atoms with E-state index in [-0.39, 0.29) is 11.7 Å². The van der Waals surface area contributed by atoms with Crippen molar-refractivity contribution in [3.8, 4) is 0 Å². The van der Waals surface area contributed by atoms with Crippen molar-refractivity contribution in [1.29, 1.82) is 0 Å². The maximum Gasteiger partial charge on any atom is 0.149 e. The second-order valence-electron chi connectivity index (χ2n) is 4.61. The predicted molar refractivity (Wildman–Crippen MR) is 82.7 cm³/mol. The van der Waals surface area contributed by atoms with Gasteiger partial charge in [-0.2, -0.15) is 0 Å². The zero-order chi connectivity index (χ0) is 13.4. The Bertz CT molecular complexity index is 591. The minimum atomic E-state index is -0.531. The molecule has 0 spiro atoms. The van der Waals surface area contributed by atoms with Crippen LogP contribution >= 0.6 is 33.9 Å². The van der Waals surface area contributed by atoms with Crippen LogP contribution in [0.5, 0.6) is 0 Å². The summed E-state index contributed by atoms with van der Waals surface area (Å²) in [6.07, 6.45) is 3.03. The average molecular weight is 391 g/mol. The van der Waals surface area contributed by atoms with Gasteiger partial charge >= 0.3 is 0 Å². The monoisotopic (exact) mass is 391 g/mol. The van der Waals surface area contributed by atoms with Crippen LogP contribution < -0.4 is 5.32 Å². The van der Waals surface area contributed by atoms with E-state index in [0.717, 1.165) is 19.3 Å². The Labute approximate surface area is 128 Å². The smallest absolute Gasteiger partial charge is 0.149 e. The molecule has 0 amide bonds. The fraction of sp³-hybridized carbons (Fsp3) is 0.286. The lowest BCUT2D eigenvalue weighted by atomic mass is 9.94. The summed E-state index contributed by atoms with van der Waals surface area (Å²) in [6, 6.07) is 6.08. The summed E-state index contributed by atoms with van der Waals surface area (Å²) in [4.78, 5) is 1.34. The van der Waals surface area contributed by atoms with Gasteiger partial charge in [-0.05, 0) is 65.6 Å². The molecule has 1 unspecified atom stereocenters. The third-order valence-corrected chi connectivity index (χ3v) is 5.34. The molecule has 0 radical (unpaired) electrons. The lowest BCUT2D eigenvalue weighted by Gasteiger charge is -2.25. The third kappa shape index (κ3) is 2.63. The molecule has 1 N–H and O–H groups in total. The summed E-state index contributed by atoms with van der Waals surface area (Å²) in [5, 5.41) is 3.04. The van der Waals surface area contributed by atoms with Gasteiger partial charge < -0.3 is 5.32 Å². The summed E-state index contributed by atoms with van der Waals surface area (Å²) in [7, 11) is 0. The quantitative estimate of drug-likeness (QED) is 0.701. The van der Waals surface area contributed by atoms with E-state index in [0.29, 0.717) is 0 Å². The number of aryl methyl sites for hydroxylation is 1. The molecule has 1 nitrogen and oxygen atoms in total. The van der Waals surface area contributed by atoms with Gasteiger partial charge in [0.2, 0.25) is 0 Å². The number of para-hydroxylation sites is 1. The second kappa shape index (κ2) is 5.36. The van der Waals surface area contributed by atoms with Gasteiger partial charge in [-0.1, -0.05) is 6.07 Å². The van der Waals surface area contributed by atoms with Crippen molar-refractivity contribution in [2.24, 2.45) is 0 Å². The molecule has 0 saturated carbocycles. The number of nitrogens with one attached hydrogen (secondary N) is 1. The number of hydrogen-bond acceptors (Lipinski definition) is 2. The maximum atomic E-state index is 13.7. The van der Waals surface area contributed by atoms with Gasteiger partial charge in [-0.15, -0.1) is 11.3 Å². The van der Waals surface area contributed by atoms with Crippen LogP contribution in [0.3, 0.4) is 0 Å². The highest BCUT2D eigenvalue weighted by atomic mass is 127. The summed E-state index contributed by atoms with van der Waals surface area (Å²) in [5.41, 5.74) is 1.19. The van der Waals surface area contributed by atoms with Crippen molar-refractivity contribution in [1.82, 2.24) is 0 Å². The highest BCUT2D eigenvalue weighted by molar-refractivity contribution is 14.1. The van der Waals surface area contributed by atoms with Crippen molar-refractivity contribution in [3.05, 3.63) is 49.2 Å². The number of thiophene rings is 1. The number of benzene rings is 1. The molecule has 0 aliphatic heterocycles. The van der Waals surface area contributed by atoms with E-state index in [1.54, 1.807) is 11.3 Å². The average Bonchev–Trinajstić information content (AvgIpc) is 2.75. The zero-order valence-electron chi connectivity index (χ0n) is 10.1. The van der Waals surface area contributed by atoms with Crippen LogP contribution in [0.2, 0.25) is 0 Å². The summed E-state index contributed by atoms with van der Waals surface area (Å²) in [5.74, 6) is -1.06. The fourth-order valence-corrected chi connectivity index (χ4v) is 4.60. The molecule has 0 bridgehead atoms. The van der Waals surface area contributed by atoms with Crippen LogP contribution in [0, 0.1) is 14.5 Å².